The second-order valence-electron chi connectivity index (χ2n) is 5.13. The molecule has 0 saturated heterocycles. The van der Waals surface area contributed by atoms with Crippen LogP contribution >= 0.6 is 35.6 Å². The molecule has 3 nitrogen and oxygen atoms in total. The number of nitrogens with zero attached hydrogens (tertiary/aromatic N) is 1. The molecule has 2 rings (SSSR count). The van der Waals surface area contributed by atoms with E-state index in [0.717, 1.165) is 10.6 Å². The lowest BCUT2D eigenvalue weighted by Gasteiger charge is -2.16. The molecule has 1 fully saturated rings. The highest BCUT2D eigenvalue weighted by atomic mass is 127. The Hall–Kier alpha value is -0.490. The predicted molar refractivity (Wildman–Crippen MR) is 96.8 cm³/mol. The van der Waals surface area contributed by atoms with E-state index in [0.29, 0.717) is 18.5 Å². The van der Waals surface area contributed by atoms with Gasteiger partial charge in [0.05, 0.1) is 6.54 Å². The van der Waals surface area contributed by atoms with Gasteiger partial charge < -0.3 is 11.1 Å². The molecule has 0 atom stereocenters. The molecule has 1 aromatic rings. The number of halogens is 2. The monoisotopic (exact) mass is 407 g/mol. The van der Waals surface area contributed by atoms with E-state index in [1.807, 2.05) is 24.3 Å². The van der Waals surface area contributed by atoms with Crippen LogP contribution in [0.15, 0.2) is 29.3 Å². The molecule has 1 aliphatic rings. The van der Waals surface area contributed by atoms with Gasteiger partial charge >= 0.3 is 0 Å². The van der Waals surface area contributed by atoms with Gasteiger partial charge in [0.1, 0.15) is 0 Å². The number of aliphatic imine (C=N–C) groups is 1. The van der Waals surface area contributed by atoms with Crippen LogP contribution in [0.1, 0.15) is 44.1 Å². The first-order valence-corrected chi connectivity index (χ1v) is 7.43. The van der Waals surface area contributed by atoms with Crippen molar-refractivity contribution in [2.75, 3.05) is 0 Å². The van der Waals surface area contributed by atoms with Gasteiger partial charge in [0.15, 0.2) is 5.96 Å². The maximum atomic E-state index is 6.09. The molecule has 0 heterocycles. The minimum Gasteiger partial charge on any atom is -0.370 e. The topological polar surface area (TPSA) is 50.4 Å². The van der Waals surface area contributed by atoms with Crippen LogP contribution in [0, 0.1) is 0 Å². The number of nitrogens with two attached hydrogens (primary N) is 1. The third-order valence-corrected chi connectivity index (χ3v) is 3.95. The molecule has 1 aromatic carbocycles. The van der Waals surface area contributed by atoms with Gasteiger partial charge in [-0.05, 0) is 24.5 Å². The van der Waals surface area contributed by atoms with Crippen LogP contribution in [0.5, 0.6) is 0 Å². The van der Waals surface area contributed by atoms with Crippen LogP contribution in [-0.4, -0.2) is 12.0 Å². The summed E-state index contributed by atoms with van der Waals surface area (Å²) in [4.78, 5) is 4.38. The first kappa shape index (κ1) is 17.6. The molecule has 0 unspecified atom stereocenters. The molecular formula is C15H23ClIN3. The Kier molecular flexibility index (Phi) is 8.30. The molecule has 112 valence electrons. The molecule has 5 heteroatoms. The van der Waals surface area contributed by atoms with Crippen LogP contribution in [0.4, 0.5) is 0 Å². The molecule has 0 amide bonds. The maximum Gasteiger partial charge on any atom is 0.189 e. The van der Waals surface area contributed by atoms with Crippen molar-refractivity contribution in [3.05, 3.63) is 34.9 Å². The zero-order chi connectivity index (χ0) is 13.5. The number of hydrogen-bond donors (Lipinski definition) is 2. The second kappa shape index (κ2) is 9.45. The summed E-state index contributed by atoms with van der Waals surface area (Å²) < 4.78 is 0. The zero-order valence-corrected chi connectivity index (χ0v) is 14.7. The molecule has 0 bridgehead atoms. The number of nitrogens with one attached hydrogen (secondary N) is 1. The highest BCUT2D eigenvalue weighted by Crippen LogP contribution is 2.17. The average molecular weight is 408 g/mol. The second-order valence-corrected chi connectivity index (χ2v) is 5.53. The maximum absolute atomic E-state index is 6.09. The lowest BCUT2D eigenvalue weighted by atomic mass is 10.1. The Morgan fingerprint density at radius 2 is 1.85 bits per heavy atom. The quantitative estimate of drug-likeness (QED) is 0.343. The van der Waals surface area contributed by atoms with Gasteiger partial charge in [0, 0.05) is 11.1 Å². The largest absolute Gasteiger partial charge is 0.370 e. The number of rotatable bonds is 3. The minimum atomic E-state index is 0. The van der Waals surface area contributed by atoms with Crippen LogP contribution in [0.2, 0.25) is 5.02 Å². The summed E-state index contributed by atoms with van der Waals surface area (Å²) in [5, 5.41) is 4.08. The third-order valence-electron chi connectivity index (χ3n) is 3.58. The molecule has 0 spiro atoms. The standard InChI is InChI=1S/C15H22ClN3.HI/c16-14-10-6-5-7-12(14)11-18-15(17)19-13-8-3-1-2-4-9-13;/h5-7,10,13H,1-4,8-9,11H2,(H3,17,18,19);1H. The van der Waals surface area contributed by atoms with Crippen molar-refractivity contribution in [1.29, 1.82) is 0 Å². The fraction of sp³-hybridized carbons (Fsp3) is 0.533. The van der Waals surface area contributed by atoms with Crippen LogP contribution in [-0.2, 0) is 6.54 Å². The van der Waals surface area contributed by atoms with Gasteiger partial charge in [-0.25, -0.2) is 4.99 Å². The van der Waals surface area contributed by atoms with Gasteiger partial charge in [-0.15, -0.1) is 24.0 Å². The molecule has 1 aliphatic carbocycles. The van der Waals surface area contributed by atoms with Gasteiger partial charge in [-0.2, -0.15) is 0 Å². The van der Waals surface area contributed by atoms with Crippen molar-refractivity contribution in [2.24, 2.45) is 10.7 Å². The normalized spacial score (nSPS) is 17.1. The summed E-state index contributed by atoms with van der Waals surface area (Å²) in [5.74, 6) is 0.534. The van der Waals surface area contributed by atoms with E-state index in [4.69, 9.17) is 17.3 Å². The fourth-order valence-electron chi connectivity index (χ4n) is 2.48. The molecule has 1 saturated carbocycles. The van der Waals surface area contributed by atoms with E-state index in [2.05, 4.69) is 10.3 Å². The Morgan fingerprint density at radius 3 is 2.50 bits per heavy atom. The van der Waals surface area contributed by atoms with Crippen LogP contribution in [0.25, 0.3) is 0 Å². The SMILES string of the molecule is I.NC(=NCc1ccccc1Cl)NC1CCCCCC1. The van der Waals surface area contributed by atoms with E-state index in [1.54, 1.807) is 0 Å². The minimum absolute atomic E-state index is 0. The zero-order valence-electron chi connectivity index (χ0n) is 11.6. The van der Waals surface area contributed by atoms with Gasteiger partial charge in [0.25, 0.3) is 0 Å². The van der Waals surface area contributed by atoms with E-state index in [9.17, 15) is 0 Å². The predicted octanol–water partition coefficient (Wildman–Crippen LogP) is 4.09. The molecule has 0 aromatic heterocycles. The summed E-state index contributed by atoms with van der Waals surface area (Å²) in [5.41, 5.74) is 6.96. The lowest BCUT2D eigenvalue weighted by Crippen LogP contribution is -2.39. The average Bonchev–Trinajstić information content (AvgIpc) is 2.66. The molecule has 20 heavy (non-hydrogen) atoms. The van der Waals surface area contributed by atoms with Crippen molar-refractivity contribution < 1.29 is 0 Å². The van der Waals surface area contributed by atoms with E-state index in [-0.39, 0.29) is 24.0 Å². The number of guanidine groups is 1. The van der Waals surface area contributed by atoms with Crippen molar-refractivity contribution in [2.45, 2.75) is 51.1 Å². The van der Waals surface area contributed by atoms with Crippen molar-refractivity contribution in [3.8, 4) is 0 Å². The van der Waals surface area contributed by atoms with Gasteiger partial charge in [-0.1, -0.05) is 55.5 Å². The summed E-state index contributed by atoms with van der Waals surface area (Å²) in [6, 6.07) is 8.22. The summed E-state index contributed by atoms with van der Waals surface area (Å²) in [7, 11) is 0. The Bertz CT molecular complexity index is 429. The van der Waals surface area contributed by atoms with Crippen LogP contribution in [0.3, 0.4) is 0 Å². The summed E-state index contributed by atoms with van der Waals surface area (Å²) in [6.07, 6.45) is 7.65. The fourth-order valence-corrected chi connectivity index (χ4v) is 2.67. The molecular weight excluding hydrogens is 385 g/mol. The number of hydrogen-bond acceptors (Lipinski definition) is 1. The highest BCUT2D eigenvalue weighted by molar-refractivity contribution is 14.0. The Balaban J connectivity index is 0.00000200. The first-order valence-electron chi connectivity index (χ1n) is 7.05. The van der Waals surface area contributed by atoms with Gasteiger partial charge in [-0.3, -0.25) is 0 Å². The van der Waals surface area contributed by atoms with E-state index >= 15 is 0 Å². The van der Waals surface area contributed by atoms with Crippen molar-refractivity contribution in [3.63, 3.8) is 0 Å². The highest BCUT2D eigenvalue weighted by Gasteiger charge is 2.12. The van der Waals surface area contributed by atoms with Crippen molar-refractivity contribution >= 4 is 41.5 Å². The Morgan fingerprint density at radius 1 is 1.20 bits per heavy atom. The van der Waals surface area contributed by atoms with Crippen LogP contribution < -0.4 is 11.1 Å². The third kappa shape index (κ3) is 5.87. The van der Waals surface area contributed by atoms with Crippen molar-refractivity contribution in [1.82, 2.24) is 5.32 Å². The lowest BCUT2D eigenvalue weighted by molar-refractivity contribution is 0.530. The first-order chi connectivity index (χ1) is 9.25. The van der Waals surface area contributed by atoms with Gasteiger partial charge in [0.2, 0.25) is 0 Å². The molecule has 0 aliphatic heterocycles. The smallest absolute Gasteiger partial charge is 0.189 e. The molecule has 3 N–H and O–H groups in total. The summed E-state index contributed by atoms with van der Waals surface area (Å²) in [6.45, 7) is 0.533. The molecule has 0 radical (unpaired) electrons. The van der Waals surface area contributed by atoms with E-state index < -0.39 is 0 Å². The Labute approximate surface area is 143 Å². The number of benzene rings is 1. The summed E-state index contributed by atoms with van der Waals surface area (Å²) >= 11 is 6.09. The van der Waals surface area contributed by atoms with E-state index in [1.165, 1.54) is 38.5 Å².